The molecule has 2 aromatic carbocycles. The number of likely N-dealkylation sites (tertiary alicyclic amines) is 1. The largest absolute Gasteiger partial charge is 0.593 e. The van der Waals surface area contributed by atoms with Crippen LogP contribution in [0.2, 0.25) is 5.02 Å². The molecule has 1 aromatic heterocycles. The molecule has 172 valence electrons. The van der Waals surface area contributed by atoms with E-state index in [4.69, 9.17) is 11.6 Å². The summed E-state index contributed by atoms with van der Waals surface area (Å²) < 4.78 is 28.6. The molecule has 33 heavy (non-hydrogen) atoms. The molecule has 0 saturated carbocycles. The Hall–Kier alpha value is -2.29. The van der Waals surface area contributed by atoms with Gasteiger partial charge in [-0.3, -0.25) is 9.88 Å². The number of pyridine rings is 1. The van der Waals surface area contributed by atoms with Gasteiger partial charge in [0.2, 0.25) is 0 Å². The van der Waals surface area contributed by atoms with E-state index >= 15 is 0 Å². The second-order valence-electron chi connectivity index (χ2n) is 9.05. The number of rotatable bonds is 7. The summed E-state index contributed by atoms with van der Waals surface area (Å²) >= 11 is 6.36. The van der Waals surface area contributed by atoms with Gasteiger partial charge in [0.05, 0.1) is 5.02 Å². The Bertz CT molecular complexity index is 1140. The van der Waals surface area contributed by atoms with E-state index in [1.165, 1.54) is 5.69 Å². The van der Waals surface area contributed by atoms with Crippen LogP contribution in [0.4, 0.5) is 5.69 Å². The van der Waals surface area contributed by atoms with E-state index in [9.17, 15) is 8.76 Å². The van der Waals surface area contributed by atoms with Crippen LogP contribution in [-0.4, -0.2) is 47.2 Å². The first-order chi connectivity index (χ1) is 16.0. The number of nitrogens with one attached hydrogen (secondary N) is 1. The van der Waals surface area contributed by atoms with Crippen LogP contribution >= 0.6 is 11.6 Å². The minimum absolute atomic E-state index is 0.0363. The maximum atomic E-state index is 12.8. The Morgan fingerprint density at radius 1 is 1.06 bits per heavy atom. The first-order valence-corrected chi connectivity index (χ1v) is 13.0. The first-order valence-electron chi connectivity index (χ1n) is 11.1. The van der Waals surface area contributed by atoms with Crippen LogP contribution in [0, 0.1) is 11.3 Å². The molecule has 0 amide bonds. The lowest BCUT2D eigenvalue weighted by Gasteiger charge is -2.52. The van der Waals surface area contributed by atoms with Gasteiger partial charge in [0, 0.05) is 62.8 Å². The molecule has 2 aliphatic rings. The molecular weight excluding hydrogens is 456 g/mol. The predicted molar refractivity (Wildman–Crippen MR) is 131 cm³/mol. The fraction of sp³-hybridized carbons (Fsp3) is 0.320. The zero-order valence-corrected chi connectivity index (χ0v) is 19.8. The number of benzene rings is 2. The van der Waals surface area contributed by atoms with Gasteiger partial charge >= 0.3 is 0 Å². The van der Waals surface area contributed by atoms with Crippen molar-refractivity contribution < 1.29 is 8.76 Å². The fourth-order valence-electron chi connectivity index (χ4n) is 5.11. The molecule has 3 aromatic rings. The van der Waals surface area contributed by atoms with Crippen LogP contribution in [0.1, 0.15) is 5.56 Å². The standard InChI is InChI=1S/C25H27ClN4O2S/c26-24-14-27-12-11-20(24)15-29-16-21(13-28-33(31,32)23-9-5-2-6-10-23)25(17-29)18-30(19-25)22-7-3-1-4-8-22/h1-12,14,21H,13,15-19H2,(H-,28,31,32). The number of hydrogen-bond donors (Lipinski definition) is 1. The van der Waals surface area contributed by atoms with Crippen molar-refractivity contribution in [1.82, 2.24) is 14.6 Å². The lowest BCUT2D eigenvalue weighted by molar-refractivity contribution is 0.157. The molecule has 2 atom stereocenters. The van der Waals surface area contributed by atoms with Crippen LogP contribution in [0.15, 0.2) is 84.0 Å². The van der Waals surface area contributed by atoms with Gasteiger partial charge in [-0.25, -0.2) is 0 Å². The maximum absolute atomic E-state index is 12.8. The Morgan fingerprint density at radius 2 is 1.76 bits per heavy atom. The first kappa shape index (κ1) is 22.5. The second-order valence-corrected chi connectivity index (χ2v) is 11.2. The summed E-state index contributed by atoms with van der Waals surface area (Å²) in [5.41, 5.74) is 2.29. The van der Waals surface area contributed by atoms with Gasteiger partial charge in [-0.15, -0.1) is 4.72 Å². The van der Waals surface area contributed by atoms with Crippen LogP contribution in [0.5, 0.6) is 0 Å². The topological polar surface area (TPSA) is 71.5 Å². The van der Waals surface area contributed by atoms with Gasteiger partial charge < -0.3 is 9.45 Å². The second kappa shape index (κ2) is 9.16. The lowest BCUT2D eigenvalue weighted by Crippen LogP contribution is -2.62. The lowest BCUT2D eigenvalue weighted by atomic mass is 9.71. The minimum atomic E-state index is -3.54. The zero-order valence-electron chi connectivity index (χ0n) is 18.3. The molecule has 8 heteroatoms. The van der Waals surface area contributed by atoms with Gasteiger partial charge in [-0.05, 0) is 41.8 Å². The Balaban J connectivity index is 1.32. The highest BCUT2D eigenvalue weighted by Gasteiger charge is 2.54. The molecule has 0 radical (unpaired) electrons. The van der Waals surface area contributed by atoms with Crippen molar-refractivity contribution >= 4 is 27.7 Å². The third-order valence-corrected chi connectivity index (χ3v) is 8.62. The van der Waals surface area contributed by atoms with Crippen LogP contribution in [0.25, 0.3) is 0 Å². The number of aromatic nitrogens is 1. The minimum Gasteiger partial charge on any atom is -0.593 e. The smallest absolute Gasteiger partial charge is 0.175 e. The molecule has 1 spiro atoms. The molecule has 0 bridgehead atoms. The number of halogens is 1. The summed E-state index contributed by atoms with van der Waals surface area (Å²) in [5, 5.41) is 0.666. The molecule has 5 rings (SSSR count). The summed E-state index contributed by atoms with van der Waals surface area (Å²) in [5.74, 6) is 0.205. The Kier molecular flexibility index (Phi) is 6.24. The number of sulfonamides is 1. The van der Waals surface area contributed by atoms with Crippen molar-refractivity contribution in [2.24, 2.45) is 11.3 Å². The number of hydrogen-bond acceptors (Lipinski definition) is 5. The highest BCUT2D eigenvalue weighted by molar-refractivity contribution is 7.95. The highest BCUT2D eigenvalue weighted by Crippen LogP contribution is 2.46. The molecular formula is C25H27ClN4O2S. The average Bonchev–Trinajstić information content (AvgIpc) is 3.18. The van der Waals surface area contributed by atoms with Crippen molar-refractivity contribution in [2.45, 2.75) is 11.4 Å². The third kappa shape index (κ3) is 4.69. The highest BCUT2D eigenvalue weighted by atomic mass is 35.5. The summed E-state index contributed by atoms with van der Waals surface area (Å²) in [7, 11) is -3.54. The van der Waals surface area contributed by atoms with E-state index in [1.54, 1.807) is 36.7 Å². The van der Waals surface area contributed by atoms with Crippen molar-refractivity contribution in [3.8, 4) is 0 Å². The molecule has 2 saturated heterocycles. The van der Waals surface area contributed by atoms with Gasteiger partial charge in [0.15, 0.2) is 15.3 Å². The molecule has 6 nitrogen and oxygen atoms in total. The van der Waals surface area contributed by atoms with Gasteiger partial charge in [0.25, 0.3) is 0 Å². The van der Waals surface area contributed by atoms with Crippen LogP contribution < -0.4 is 9.62 Å². The quantitative estimate of drug-likeness (QED) is 0.518. The SMILES string of the molecule is O=[S+]([O-])(NCC1CN(Cc2ccncc2Cl)CC12CN(c1ccccc1)C2)c1ccccc1. The van der Waals surface area contributed by atoms with Gasteiger partial charge in [-0.2, -0.15) is 0 Å². The summed E-state index contributed by atoms with van der Waals surface area (Å²) in [4.78, 5) is 9.16. The summed E-state index contributed by atoms with van der Waals surface area (Å²) in [6, 6.07) is 20.9. The van der Waals surface area contributed by atoms with E-state index in [-0.39, 0.29) is 11.3 Å². The van der Waals surface area contributed by atoms with Gasteiger partial charge in [-0.1, -0.05) is 52.2 Å². The Labute approximate surface area is 201 Å². The molecule has 1 N–H and O–H groups in total. The monoisotopic (exact) mass is 482 g/mol. The average molecular weight is 483 g/mol. The van der Waals surface area contributed by atoms with Gasteiger partial charge in [0.1, 0.15) is 0 Å². The normalized spacial score (nSPS) is 21.6. The molecule has 2 unspecified atom stereocenters. The van der Waals surface area contributed by atoms with Crippen LogP contribution in [-0.2, 0) is 21.2 Å². The van der Waals surface area contributed by atoms with Crippen molar-refractivity contribution in [3.63, 3.8) is 0 Å². The number of nitrogens with zero attached hydrogens (tertiary/aromatic N) is 3. The maximum Gasteiger partial charge on any atom is 0.175 e. The van der Waals surface area contributed by atoms with E-state index in [1.807, 2.05) is 18.2 Å². The van der Waals surface area contributed by atoms with Crippen molar-refractivity contribution in [3.05, 3.63) is 89.7 Å². The number of para-hydroxylation sites is 1. The van der Waals surface area contributed by atoms with Crippen LogP contribution in [0.3, 0.4) is 0 Å². The van der Waals surface area contributed by atoms with E-state index in [2.05, 4.69) is 43.8 Å². The molecule has 3 heterocycles. The fourth-order valence-corrected chi connectivity index (χ4v) is 6.39. The molecule has 2 fully saturated rings. The Morgan fingerprint density at radius 3 is 2.45 bits per heavy atom. The van der Waals surface area contributed by atoms with E-state index < -0.39 is 10.4 Å². The van der Waals surface area contributed by atoms with E-state index in [0.717, 1.165) is 38.3 Å². The van der Waals surface area contributed by atoms with Crippen molar-refractivity contribution in [2.75, 3.05) is 37.6 Å². The number of anilines is 1. The summed E-state index contributed by atoms with van der Waals surface area (Å²) in [6.45, 7) is 4.70. The van der Waals surface area contributed by atoms with E-state index in [0.29, 0.717) is 16.5 Å². The third-order valence-electron chi connectivity index (χ3n) is 6.84. The predicted octanol–water partition coefficient (Wildman–Crippen LogP) is 3.87. The zero-order chi connectivity index (χ0) is 22.9. The van der Waals surface area contributed by atoms with Crippen molar-refractivity contribution in [1.29, 1.82) is 0 Å². The summed E-state index contributed by atoms with van der Waals surface area (Å²) in [6.07, 6.45) is 3.44. The molecule has 2 aliphatic heterocycles. The molecule has 0 aliphatic carbocycles.